The molecule has 2 aromatic rings. The zero-order valence-corrected chi connectivity index (χ0v) is 15.3. The minimum Gasteiger partial charge on any atom is -0.351 e. The Kier molecular flexibility index (Phi) is 5.65. The van der Waals surface area contributed by atoms with Gasteiger partial charge in [-0.05, 0) is 25.0 Å². The van der Waals surface area contributed by atoms with Crippen molar-refractivity contribution in [1.29, 1.82) is 0 Å². The van der Waals surface area contributed by atoms with Gasteiger partial charge in [0.05, 0.1) is 24.0 Å². The molecule has 1 saturated heterocycles. The molecule has 0 bridgehead atoms. The molecule has 3 heterocycles. The SMILES string of the molecule is CCc1nccn1CC(=O)N1CCC[C@H]1c1cccc(CNC(C)=O)n1. The molecular weight excluding hydrogens is 330 g/mol. The third-order valence-electron chi connectivity index (χ3n) is 4.68. The Labute approximate surface area is 153 Å². The normalized spacial score (nSPS) is 16.7. The highest BCUT2D eigenvalue weighted by atomic mass is 16.2. The van der Waals surface area contributed by atoms with E-state index in [2.05, 4.69) is 15.3 Å². The van der Waals surface area contributed by atoms with Crippen molar-refractivity contribution >= 4 is 11.8 Å². The minimum absolute atomic E-state index is 0.00613. The summed E-state index contributed by atoms with van der Waals surface area (Å²) in [6.07, 6.45) is 6.27. The molecule has 1 aliphatic rings. The molecular formula is C19H25N5O2. The van der Waals surface area contributed by atoms with Crippen LogP contribution < -0.4 is 5.32 Å². The zero-order chi connectivity index (χ0) is 18.5. The summed E-state index contributed by atoms with van der Waals surface area (Å²) in [6.45, 7) is 4.98. The second kappa shape index (κ2) is 8.12. The van der Waals surface area contributed by atoms with Gasteiger partial charge < -0.3 is 14.8 Å². The number of nitrogens with zero attached hydrogens (tertiary/aromatic N) is 4. The summed E-state index contributed by atoms with van der Waals surface area (Å²) in [5, 5.41) is 2.76. The van der Waals surface area contributed by atoms with Crippen LogP contribution in [0.3, 0.4) is 0 Å². The van der Waals surface area contributed by atoms with Gasteiger partial charge >= 0.3 is 0 Å². The molecule has 138 valence electrons. The maximum Gasteiger partial charge on any atom is 0.243 e. The molecule has 0 unspecified atom stereocenters. The van der Waals surface area contributed by atoms with Gasteiger partial charge in [-0.25, -0.2) is 4.98 Å². The lowest BCUT2D eigenvalue weighted by atomic mass is 10.1. The Morgan fingerprint density at radius 2 is 2.19 bits per heavy atom. The fraction of sp³-hybridized carbons (Fsp3) is 0.474. The molecule has 0 saturated carbocycles. The predicted octanol–water partition coefficient (Wildman–Crippen LogP) is 1.84. The number of hydrogen-bond donors (Lipinski definition) is 1. The number of carbonyl (C=O) groups excluding carboxylic acids is 2. The van der Waals surface area contributed by atoms with Crippen molar-refractivity contribution in [2.75, 3.05) is 6.54 Å². The van der Waals surface area contributed by atoms with Crippen LogP contribution >= 0.6 is 0 Å². The Morgan fingerprint density at radius 3 is 2.96 bits per heavy atom. The quantitative estimate of drug-likeness (QED) is 0.857. The zero-order valence-electron chi connectivity index (χ0n) is 15.3. The number of hydrogen-bond acceptors (Lipinski definition) is 4. The molecule has 26 heavy (non-hydrogen) atoms. The standard InChI is InChI=1S/C19H25N5O2/c1-3-18-20-9-11-23(18)13-19(26)24-10-5-8-17(24)16-7-4-6-15(22-16)12-21-14(2)25/h4,6-7,9,11,17H,3,5,8,10,12-13H2,1-2H3,(H,21,25)/t17-/m0/s1. The molecule has 1 N–H and O–H groups in total. The summed E-state index contributed by atoms with van der Waals surface area (Å²) in [5.41, 5.74) is 1.69. The Morgan fingerprint density at radius 1 is 1.35 bits per heavy atom. The van der Waals surface area contributed by atoms with Crippen molar-refractivity contribution in [3.05, 3.63) is 47.8 Å². The molecule has 1 aliphatic heterocycles. The first-order chi connectivity index (χ1) is 12.6. The van der Waals surface area contributed by atoms with Gasteiger partial charge in [0, 0.05) is 32.3 Å². The fourth-order valence-electron chi connectivity index (χ4n) is 3.40. The first-order valence-electron chi connectivity index (χ1n) is 9.08. The van der Waals surface area contributed by atoms with Crippen LogP contribution in [0.25, 0.3) is 0 Å². The number of rotatable bonds is 6. The summed E-state index contributed by atoms with van der Waals surface area (Å²) in [6, 6.07) is 5.78. The molecule has 7 nitrogen and oxygen atoms in total. The van der Waals surface area contributed by atoms with Gasteiger partial charge in [-0.2, -0.15) is 0 Å². The topological polar surface area (TPSA) is 80.1 Å². The van der Waals surface area contributed by atoms with Crippen LogP contribution in [-0.4, -0.2) is 37.8 Å². The van der Waals surface area contributed by atoms with Crippen molar-refractivity contribution in [2.24, 2.45) is 0 Å². The largest absolute Gasteiger partial charge is 0.351 e. The van der Waals surface area contributed by atoms with Crippen LogP contribution in [-0.2, 0) is 29.1 Å². The first-order valence-corrected chi connectivity index (χ1v) is 9.08. The molecule has 0 aliphatic carbocycles. The average Bonchev–Trinajstić information content (AvgIpc) is 3.29. The van der Waals surface area contributed by atoms with Crippen molar-refractivity contribution in [2.45, 2.75) is 52.2 Å². The van der Waals surface area contributed by atoms with Gasteiger partial charge in [0.1, 0.15) is 12.4 Å². The van der Waals surface area contributed by atoms with E-state index in [0.717, 1.165) is 43.0 Å². The highest BCUT2D eigenvalue weighted by Crippen LogP contribution is 2.31. The third-order valence-corrected chi connectivity index (χ3v) is 4.68. The number of likely N-dealkylation sites (tertiary alicyclic amines) is 1. The van der Waals surface area contributed by atoms with Gasteiger partial charge in [-0.15, -0.1) is 0 Å². The molecule has 1 fully saturated rings. The number of amides is 2. The van der Waals surface area contributed by atoms with Crippen LogP contribution in [0.2, 0.25) is 0 Å². The Hall–Kier alpha value is -2.70. The maximum absolute atomic E-state index is 12.9. The Balaban J connectivity index is 1.72. The number of aromatic nitrogens is 3. The lowest BCUT2D eigenvalue weighted by Crippen LogP contribution is -2.34. The summed E-state index contributed by atoms with van der Waals surface area (Å²) in [5.74, 6) is 0.931. The summed E-state index contributed by atoms with van der Waals surface area (Å²) in [7, 11) is 0. The molecule has 2 amide bonds. The summed E-state index contributed by atoms with van der Waals surface area (Å²) in [4.78, 5) is 34.8. The second-order valence-electron chi connectivity index (χ2n) is 6.53. The summed E-state index contributed by atoms with van der Waals surface area (Å²) >= 11 is 0. The van der Waals surface area contributed by atoms with Crippen molar-refractivity contribution in [3.8, 4) is 0 Å². The number of carbonyl (C=O) groups is 2. The average molecular weight is 355 g/mol. The fourth-order valence-corrected chi connectivity index (χ4v) is 3.40. The van der Waals surface area contributed by atoms with Gasteiger partial charge in [-0.3, -0.25) is 14.6 Å². The molecule has 0 aromatic carbocycles. The number of aryl methyl sites for hydroxylation is 1. The smallest absolute Gasteiger partial charge is 0.243 e. The lowest BCUT2D eigenvalue weighted by molar-refractivity contribution is -0.132. The van der Waals surface area contributed by atoms with Gasteiger partial charge in [-0.1, -0.05) is 13.0 Å². The molecule has 7 heteroatoms. The summed E-state index contributed by atoms with van der Waals surface area (Å²) < 4.78 is 1.92. The van der Waals surface area contributed by atoms with Crippen LogP contribution in [0.4, 0.5) is 0 Å². The monoisotopic (exact) mass is 355 g/mol. The van der Waals surface area contributed by atoms with E-state index in [-0.39, 0.29) is 17.9 Å². The van der Waals surface area contributed by atoms with Gasteiger partial charge in [0.15, 0.2) is 0 Å². The third kappa shape index (κ3) is 4.09. The number of imidazole rings is 1. The molecule has 2 aromatic heterocycles. The lowest BCUT2D eigenvalue weighted by Gasteiger charge is -2.25. The van der Waals surface area contributed by atoms with E-state index < -0.39 is 0 Å². The van der Waals surface area contributed by atoms with E-state index in [1.807, 2.05) is 40.8 Å². The highest BCUT2D eigenvalue weighted by molar-refractivity contribution is 5.77. The molecule has 0 radical (unpaired) electrons. The van der Waals surface area contributed by atoms with E-state index in [9.17, 15) is 9.59 Å². The number of pyridine rings is 1. The van der Waals surface area contributed by atoms with Gasteiger partial charge in [0.2, 0.25) is 11.8 Å². The van der Waals surface area contributed by atoms with E-state index >= 15 is 0 Å². The Bertz CT molecular complexity index is 786. The first kappa shape index (κ1) is 18.1. The highest BCUT2D eigenvalue weighted by Gasteiger charge is 2.31. The minimum atomic E-state index is -0.0815. The van der Waals surface area contributed by atoms with Crippen LogP contribution in [0, 0.1) is 0 Å². The van der Waals surface area contributed by atoms with E-state index in [0.29, 0.717) is 13.1 Å². The van der Waals surface area contributed by atoms with E-state index in [1.165, 1.54) is 6.92 Å². The maximum atomic E-state index is 12.9. The van der Waals surface area contributed by atoms with Crippen molar-refractivity contribution < 1.29 is 9.59 Å². The van der Waals surface area contributed by atoms with E-state index in [4.69, 9.17) is 0 Å². The molecule has 0 spiro atoms. The predicted molar refractivity (Wildman–Crippen MR) is 97.1 cm³/mol. The van der Waals surface area contributed by atoms with Gasteiger partial charge in [0.25, 0.3) is 0 Å². The van der Waals surface area contributed by atoms with Crippen LogP contribution in [0.15, 0.2) is 30.6 Å². The van der Waals surface area contributed by atoms with E-state index in [1.54, 1.807) is 6.20 Å². The van der Waals surface area contributed by atoms with Crippen molar-refractivity contribution in [3.63, 3.8) is 0 Å². The van der Waals surface area contributed by atoms with Crippen LogP contribution in [0.5, 0.6) is 0 Å². The van der Waals surface area contributed by atoms with Crippen LogP contribution in [0.1, 0.15) is 49.9 Å². The molecule has 3 rings (SSSR count). The molecule has 1 atom stereocenters. The van der Waals surface area contributed by atoms with Crippen molar-refractivity contribution in [1.82, 2.24) is 24.8 Å². The number of nitrogens with one attached hydrogen (secondary N) is 1. The second-order valence-corrected chi connectivity index (χ2v) is 6.53.